The number of methoxy groups -OCH3 is 2. The van der Waals surface area contributed by atoms with Gasteiger partial charge >= 0.3 is 0 Å². The molecule has 1 aliphatic rings. The molecule has 3 rings (SSSR count). The van der Waals surface area contributed by atoms with Gasteiger partial charge in [0.05, 0.1) is 19.4 Å². The second-order valence-corrected chi connectivity index (χ2v) is 5.99. The van der Waals surface area contributed by atoms with E-state index >= 15 is 0 Å². The predicted octanol–water partition coefficient (Wildman–Crippen LogP) is 2.08. The van der Waals surface area contributed by atoms with Gasteiger partial charge < -0.3 is 24.3 Å². The summed E-state index contributed by atoms with van der Waals surface area (Å²) in [5.74, 6) is 1.01. The van der Waals surface area contributed by atoms with Gasteiger partial charge in [0.1, 0.15) is 18.9 Å². The maximum absolute atomic E-state index is 12.5. The number of nitrogens with one attached hydrogen (secondary N) is 1. The van der Waals surface area contributed by atoms with Gasteiger partial charge in [0.25, 0.3) is 5.91 Å². The van der Waals surface area contributed by atoms with Crippen LogP contribution >= 0.6 is 0 Å². The number of amides is 2. The lowest BCUT2D eigenvalue weighted by molar-refractivity contribution is -0.123. The van der Waals surface area contributed by atoms with Crippen LogP contribution in [0, 0.1) is 0 Å². The van der Waals surface area contributed by atoms with Crippen LogP contribution in [0.1, 0.15) is 0 Å². The Balaban J connectivity index is 1.69. The first kappa shape index (κ1) is 19.5. The molecule has 0 saturated carbocycles. The number of nitrogens with zero attached hydrogens (tertiary/aromatic N) is 1. The van der Waals surface area contributed by atoms with Crippen molar-refractivity contribution in [3.8, 4) is 17.2 Å². The Bertz CT molecular complexity index is 854. The van der Waals surface area contributed by atoms with Crippen LogP contribution in [-0.4, -0.2) is 52.4 Å². The molecule has 0 bridgehead atoms. The molecule has 1 N–H and O–H groups in total. The van der Waals surface area contributed by atoms with Crippen molar-refractivity contribution in [2.75, 3.05) is 50.8 Å². The van der Waals surface area contributed by atoms with Crippen molar-refractivity contribution in [2.24, 2.45) is 0 Å². The van der Waals surface area contributed by atoms with Crippen LogP contribution in [0.3, 0.4) is 0 Å². The number of rotatable bonds is 8. The minimum atomic E-state index is -0.335. The fraction of sp³-hybridized carbons (Fsp3) is 0.300. The van der Waals surface area contributed by atoms with Crippen LogP contribution < -0.4 is 24.4 Å². The van der Waals surface area contributed by atoms with Gasteiger partial charge in [-0.05, 0) is 24.3 Å². The van der Waals surface area contributed by atoms with E-state index in [2.05, 4.69) is 5.32 Å². The molecule has 8 nitrogen and oxygen atoms in total. The van der Waals surface area contributed by atoms with Crippen molar-refractivity contribution in [3.63, 3.8) is 0 Å². The quantitative estimate of drug-likeness (QED) is 0.699. The third-order valence-corrected chi connectivity index (χ3v) is 4.10. The van der Waals surface area contributed by atoms with Crippen molar-refractivity contribution in [1.82, 2.24) is 0 Å². The van der Waals surface area contributed by atoms with Crippen LogP contribution in [-0.2, 0) is 14.3 Å². The van der Waals surface area contributed by atoms with E-state index in [9.17, 15) is 9.59 Å². The first-order valence-corrected chi connectivity index (χ1v) is 8.74. The number of benzene rings is 2. The summed E-state index contributed by atoms with van der Waals surface area (Å²) in [6.07, 6.45) is 0. The molecule has 1 heterocycles. The molecule has 0 radical (unpaired) electrons. The summed E-state index contributed by atoms with van der Waals surface area (Å²) in [5, 5.41) is 2.78. The highest BCUT2D eigenvalue weighted by atomic mass is 16.5. The highest BCUT2D eigenvalue weighted by molar-refractivity contribution is 6.05. The smallest absolute Gasteiger partial charge is 0.265 e. The normalized spacial score (nSPS) is 12.8. The number of hydrogen-bond donors (Lipinski definition) is 1. The molecular formula is C20H22N2O6. The van der Waals surface area contributed by atoms with E-state index in [1.54, 1.807) is 43.5 Å². The van der Waals surface area contributed by atoms with E-state index in [4.69, 9.17) is 18.9 Å². The van der Waals surface area contributed by atoms with Crippen LogP contribution in [0.15, 0.2) is 42.5 Å². The lowest BCUT2D eigenvalue weighted by Crippen LogP contribution is -2.43. The van der Waals surface area contributed by atoms with Crippen molar-refractivity contribution in [3.05, 3.63) is 42.5 Å². The zero-order valence-electron chi connectivity index (χ0n) is 15.8. The van der Waals surface area contributed by atoms with Gasteiger partial charge in [-0.15, -0.1) is 0 Å². The summed E-state index contributed by atoms with van der Waals surface area (Å²) in [6, 6.07) is 12.2. The number of carbonyl (C=O) groups is 2. The van der Waals surface area contributed by atoms with Gasteiger partial charge in [-0.1, -0.05) is 12.1 Å². The maximum atomic E-state index is 12.5. The van der Waals surface area contributed by atoms with Crippen LogP contribution in [0.5, 0.6) is 17.2 Å². The highest BCUT2D eigenvalue weighted by Gasteiger charge is 2.27. The fourth-order valence-corrected chi connectivity index (χ4v) is 2.77. The molecule has 2 amide bonds. The Morgan fingerprint density at radius 3 is 2.75 bits per heavy atom. The minimum Gasteiger partial charge on any atom is -0.493 e. The number of anilines is 2. The second kappa shape index (κ2) is 9.09. The van der Waals surface area contributed by atoms with E-state index in [-0.39, 0.29) is 25.0 Å². The first-order chi connectivity index (χ1) is 13.6. The molecule has 0 fully saturated rings. The largest absolute Gasteiger partial charge is 0.493 e. The molecule has 0 aromatic heterocycles. The standard InChI is InChI=1S/C20H22N2O6/c1-25-9-10-27-18-11-14(7-8-17(18)26-2)21-19(23)12-22-15-5-3-4-6-16(15)28-13-20(22)24/h3-8,11H,9-10,12-13H2,1-2H3,(H,21,23). The summed E-state index contributed by atoms with van der Waals surface area (Å²) in [4.78, 5) is 26.1. The molecule has 1 aliphatic heterocycles. The Kier molecular flexibility index (Phi) is 6.33. The third kappa shape index (κ3) is 4.52. The van der Waals surface area contributed by atoms with Crippen molar-refractivity contribution >= 4 is 23.2 Å². The SMILES string of the molecule is COCCOc1cc(NC(=O)CN2C(=O)COc3ccccc32)ccc1OC. The highest BCUT2D eigenvalue weighted by Crippen LogP contribution is 2.32. The molecule has 2 aromatic rings. The fourth-order valence-electron chi connectivity index (χ4n) is 2.77. The Morgan fingerprint density at radius 1 is 1.14 bits per heavy atom. The van der Waals surface area contributed by atoms with Gasteiger partial charge in [0.15, 0.2) is 18.1 Å². The van der Waals surface area contributed by atoms with Crippen LogP contribution in [0.25, 0.3) is 0 Å². The topological polar surface area (TPSA) is 86.3 Å². The summed E-state index contributed by atoms with van der Waals surface area (Å²) in [5.41, 5.74) is 1.11. The van der Waals surface area contributed by atoms with Gasteiger partial charge in [0, 0.05) is 18.9 Å². The Hall–Kier alpha value is -3.26. The van der Waals surface area contributed by atoms with E-state index in [0.717, 1.165) is 0 Å². The van der Waals surface area contributed by atoms with Crippen molar-refractivity contribution in [2.45, 2.75) is 0 Å². The number of para-hydroxylation sites is 2. The summed E-state index contributed by atoms with van der Waals surface area (Å²) < 4.78 is 21.2. The molecule has 28 heavy (non-hydrogen) atoms. The predicted molar refractivity (Wildman–Crippen MR) is 103 cm³/mol. The van der Waals surface area contributed by atoms with Crippen molar-refractivity contribution < 1.29 is 28.5 Å². The van der Waals surface area contributed by atoms with Gasteiger partial charge in [-0.3, -0.25) is 14.5 Å². The molecule has 0 saturated heterocycles. The van der Waals surface area contributed by atoms with E-state index < -0.39 is 0 Å². The molecule has 0 unspecified atom stereocenters. The summed E-state index contributed by atoms with van der Waals surface area (Å²) in [7, 11) is 3.13. The Labute approximate surface area is 162 Å². The molecule has 2 aromatic carbocycles. The number of hydrogen-bond acceptors (Lipinski definition) is 6. The van der Waals surface area contributed by atoms with Gasteiger partial charge in [0.2, 0.25) is 5.91 Å². The zero-order valence-corrected chi connectivity index (χ0v) is 15.8. The Morgan fingerprint density at radius 2 is 1.96 bits per heavy atom. The van der Waals surface area contributed by atoms with Gasteiger partial charge in [-0.2, -0.15) is 0 Å². The number of fused-ring (bicyclic) bond motifs is 1. The van der Waals surface area contributed by atoms with E-state index in [1.165, 1.54) is 12.0 Å². The third-order valence-electron chi connectivity index (χ3n) is 4.10. The molecule has 148 valence electrons. The first-order valence-electron chi connectivity index (χ1n) is 8.74. The molecule has 8 heteroatoms. The van der Waals surface area contributed by atoms with Crippen LogP contribution in [0.4, 0.5) is 11.4 Å². The molecular weight excluding hydrogens is 364 g/mol. The maximum Gasteiger partial charge on any atom is 0.265 e. The van der Waals surface area contributed by atoms with Gasteiger partial charge in [-0.25, -0.2) is 0 Å². The summed E-state index contributed by atoms with van der Waals surface area (Å²) in [6.45, 7) is 0.567. The average Bonchev–Trinajstić information content (AvgIpc) is 2.70. The number of carbonyl (C=O) groups excluding carboxylic acids is 2. The van der Waals surface area contributed by atoms with Crippen molar-refractivity contribution in [1.29, 1.82) is 0 Å². The lowest BCUT2D eigenvalue weighted by Gasteiger charge is -2.28. The minimum absolute atomic E-state index is 0.0929. The van der Waals surface area contributed by atoms with E-state index in [1.807, 2.05) is 6.07 Å². The molecule has 0 spiro atoms. The van der Waals surface area contributed by atoms with E-state index in [0.29, 0.717) is 41.8 Å². The van der Waals surface area contributed by atoms with Crippen LogP contribution in [0.2, 0.25) is 0 Å². The summed E-state index contributed by atoms with van der Waals surface area (Å²) >= 11 is 0. The monoisotopic (exact) mass is 386 g/mol. The molecule has 0 atom stereocenters. The number of ether oxygens (including phenoxy) is 4. The average molecular weight is 386 g/mol. The molecule has 0 aliphatic carbocycles. The lowest BCUT2D eigenvalue weighted by atomic mass is 10.2. The zero-order chi connectivity index (χ0) is 19.9. The second-order valence-electron chi connectivity index (χ2n) is 5.99.